The molecule has 4 heterocycles. The SMILES string of the molecule is CN1CCN(Cc2ccc(NC(=O)Nc3cccc(C#Cc4cnc(N)nc4-c4cc5c(n4C)CCN(C(=O)OC(C)(C)C)C5=O)c3)cc2)CC1. The molecular weight excluding hydrogens is 646 g/mol. The van der Waals surface area contributed by atoms with Gasteiger partial charge in [-0.3, -0.25) is 9.69 Å². The summed E-state index contributed by atoms with van der Waals surface area (Å²) in [6.07, 6.45) is 1.31. The van der Waals surface area contributed by atoms with E-state index in [1.54, 1.807) is 45.0 Å². The molecule has 0 radical (unpaired) electrons. The third kappa shape index (κ3) is 8.54. The number of rotatable bonds is 5. The highest BCUT2D eigenvalue weighted by Gasteiger charge is 2.35. The molecule has 4 amide bonds. The highest BCUT2D eigenvalue weighted by Crippen LogP contribution is 2.31. The third-order valence-electron chi connectivity index (χ3n) is 8.75. The highest BCUT2D eigenvalue weighted by molar-refractivity contribution is 6.05. The summed E-state index contributed by atoms with van der Waals surface area (Å²) >= 11 is 0. The molecule has 4 N–H and O–H groups in total. The van der Waals surface area contributed by atoms with E-state index < -0.39 is 17.6 Å². The van der Waals surface area contributed by atoms with E-state index in [1.807, 2.05) is 41.9 Å². The molecule has 1 fully saturated rings. The number of ether oxygens (including phenoxy) is 1. The van der Waals surface area contributed by atoms with E-state index in [0.29, 0.717) is 45.9 Å². The fourth-order valence-corrected chi connectivity index (χ4v) is 6.06. The first-order valence-electron chi connectivity index (χ1n) is 16.9. The molecule has 264 valence electrons. The average Bonchev–Trinajstić information content (AvgIpc) is 3.42. The lowest BCUT2D eigenvalue weighted by Gasteiger charge is -2.32. The van der Waals surface area contributed by atoms with Gasteiger partial charge in [0.05, 0.1) is 16.8 Å². The maximum absolute atomic E-state index is 13.4. The molecule has 0 bridgehead atoms. The van der Waals surface area contributed by atoms with Crippen LogP contribution in [-0.2, 0) is 24.8 Å². The van der Waals surface area contributed by atoms with Gasteiger partial charge >= 0.3 is 12.1 Å². The van der Waals surface area contributed by atoms with Crippen molar-refractivity contribution in [2.45, 2.75) is 39.3 Å². The van der Waals surface area contributed by atoms with Crippen molar-refractivity contribution in [2.75, 3.05) is 56.1 Å². The van der Waals surface area contributed by atoms with Crippen LogP contribution in [0.1, 0.15) is 53.5 Å². The van der Waals surface area contributed by atoms with Crippen LogP contribution in [0.15, 0.2) is 60.8 Å². The van der Waals surface area contributed by atoms with Crippen LogP contribution < -0.4 is 16.4 Å². The first-order valence-corrected chi connectivity index (χ1v) is 16.9. The molecule has 0 atom stereocenters. The second-order valence-corrected chi connectivity index (χ2v) is 13.8. The van der Waals surface area contributed by atoms with Crippen LogP contribution in [0.25, 0.3) is 11.4 Å². The van der Waals surface area contributed by atoms with Crippen molar-refractivity contribution in [3.63, 3.8) is 0 Å². The van der Waals surface area contributed by atoms with Gasteiger partial charge in [0, 0.05) is 81.6 Å². The summed E-state index contributed by atoms with van der Waals surface area (Å²) in [5.74, 6) is 5.89. The first kappa shape index (κ1) is 35.1. The minimum Gasteiger partial charge on any atom is -0.443 e. The number of fused-ring (bicyclic) bond motifs is 1. The molecule has 13 nitrogen and oxygen atoms in total. The molecule has 2 aliphatic heterocycles. The number of nitrogens with one attached hydrogen (secondary N) is 2. The number of likely N-dealkylation sites (N-methyl/N-ethyl adjacent to an activating group) is 1. The Morgan fingerprint density at radius 2 is 1.67 bits per heavy atom. The number of benzene rings is 2. The monoisotopic (exact) mass is 689 g/mol. The zero-order valence-corrected chi connectivity index (χ0v) is 29.6. The number of amides is 4. The van der Waals surface area contributed by atoms with Crippen molar-refractivity contribution >= 4 is 35.4 Å². The van der Waals surface area contributed by atoms with Gasteiger partial charge in [-0.25, -0.2) is 24.5 Å². The second-order valence-electron chi connectivity index (χ2n) is 13.8. The molecule has 0 aliphatic carbocycles. The molecule has 1 saturated heterocycles. The minimum atomic E-state index is -0.731. The minimum absolute atomic E-state index is 0.0540. The topological polar surface area (TPSA) is 151 Å². The molecule has 2 aliphatic rings. The zero-order valence-electron chi connectivity index (χ0n) is 29.6. The Balaban J connectivity index is 1.14. The first-order chi connectivity index (χ1) is 24.3. The Labute approximate surface area is 297 Å². The molecular formula is C38H43N9O4. The lowest BCUT2D eigenvalue weighted by atomic mass is 10.1. The predicted molar refractivity (Wildman–Crippen MR) is 196 cm³/mol. The number of nitrogen functional groups attached to an aromatic ring is 1. The normalized spacial score (nSPS) is 15.1. The van der Waals surface area contributed by atoms with Gasteiger partial charge in [0.1, 0.15) is 11.3 Å². The maximum atomic E-state index is 13.4. The van der Waals surface area contributed by atoms with Crippen LogP contribution in [-0.4, -0.2) is 92.6 Å². The molecule has 4 aromatic rings. The predicted octanol–water partition coefficient (Wildman–Crippen LogP) is 4.79. The number of hydrogen-bond donors (Lipinski definition) is 3. The molecule has 0 unspecified atom stereocenters. The smallest absolute Gasteiger partial charge is 0.417 e. The van der Waals surface area contributed by atoms with Gasteiger partial charge in [-0.15, -0.1) is 0 Å². The number of carbonyl (C=O) groups is 3. The summed E-state index contributed by atoms with van der Waals surface area (Å²) in [6.45, 7) is 10.6. The molecule has 2 aromatic carbocycles. The number of nitrogens with two attached hydrogens (primary N) is 1. The second kappa shape index (κ2) is 14.6. The number of carbonyl (C=O) groups excluding carboxylic acids is 3. The van der Waals surface area contributed by atoms with Gasteiger partial charge in [0.2, 0.25) is 5.95 Å². The number of aromatic nitrogens is 3. The maximum Gasteiger partial charge on any atom is 0.417 e. The van der Waals surface area contributed by atoms with Crippen molar-refractivity contribution in [3.05, 3.63) is 88.7 Å². The average molecular weight is 690 g/mol. The lowest BCUT2D eigenvalue weighted by molar-refractivity contribution is 0.0232. The van der Waals surface area contributed by atoms with E-state index in [0.717, 1.165) is 43.3 Å². The number of imide groups is 1. The van der Waals surface area contributed by atoms with Crippen molar-refractivity contribution < 1.29 is 19.1 Å². The van der Waals surface area contributed by atoms with E-state index in [2.05, 4.69) is 49.3 Å². The highest BCUT2D eigenvalue weighted by atomic mass is 16.6. The summed E-state index contributed by atoms with van der Waals surface area (Å²) in [6, 6.07) is 16.4. The van der Waals surface area contributed by atoms with E-state index in [9.17, 15) is 14.4 Å². The summed E-state index contributed by atoms with van der Waals surface area (Å²) in [5.41, 5.74) is 11.1. The molecule has 0 saturated carbocycles. The van der Waals surface area contributed by atoms with Crippen LogP contribution in [0.5, 0.6) is 0 Å². The summed E-state index contributed by atoms with van der Waals surface area (Å²) in [4.78, 5) is 53.5. The summed E-state index contributed by atoms with van der Waals surface area (Å²) in [5, 5.41) is 5.77. The zero-order chi connectivity index (χ0) is 36.3. The summed E-state index contributed by atoms with van der Waals surface area (Å²) < 4.78 is 7.32. The largest absolute Gasteiger partial charge is 0.443 e. The van der Waals surface area contributed by atoms with Gasteiger partial charge in [-0.05, 0) is 69.8 Å². The number of piperazine rings is 1. The van der Waals surface area contributed by atoms with Gasteiger partial charge in [-0.1, -0.05) is 30.0 Å². The Morgan fingerprint density at radius 3 is 2.39 bits per heavy atom. The van der Waals surface area contributed by atoms with Gasteiger partial charge < -0.3 is 30.6 Å². The lowest BCUT2D eigenvalue weighted by Crippen LogP contribution is -2.44. The summed E-state index contributed by atoms with van der Waals surface area (Å²) in [7, 11) is 3.98. The third-order valence-corrected chi connectivity index (χ3v) is 8.75. The van der Waals surface area contributed by atoms with Crippen molar-refractivity contribution in [1.82, 2.24) is 29.2 Å². The van der Waals surface area contributed by atoms with Crippen molar-refractivity contribution in [2.24, 2.45) is 7.05 Å². The quantitative estimate of drug-likeness (QED) is 0.251. The molecule has 51 heavy (non-hydrogen) atoms. The van der Waals surface area contributed by atoms with E-state index >= 15 is 0 Å². The molecule has 6 rings (SSSR count). The number of anilines is 3. The fraction of sp³-hybridized carbons (Fsp3) is 0.342. The Morgan fingerprint density at radius 1 is 0.941 bits per heavy atom. The van der Waals surface area contributed by atoms with E-state index in [4.69, 9.17) is 10.5 Å². The van der Waals surface area contributed by atoms with E-state index in [1.165, 1.54) is 11.8 Å². The van der Waals surface area contributed by atoms with Crippen molar-refractivity contribution in [1.29, 1.82) is 0 Å². The number of hydrogen-bond acceptors (Lipinski definition) is 9. The fourth-order valence-electron chi connectivity index (χ4n) is 6.06. The van der Waals surface area contributed by atoms with Gasteiger partial charge in [0.15, 0.2) is 0 Å². The van der Waals surface area contributed by atoms with E-state index in [-0.39, 0.29) is 18.5 Å². The molecule has 0 spiro atoms. The van der Waals surface area contributed by atoms with Crippen LogP contribution >= 0.6 is 0 Å². The van der Waals surface area contributed by atoms with Crippen molar-refractivity contribution in [3.8, 4) is 23.2 Å². The standard InChI is InChI=1S/C38H43N9O4/c1-38(2,3)51-37(50)47-16-15-31-30(34(47)48)22-32(45(31)5)33-27(23-40-35(39)43-33)12-9-25-7-6-8-29(21-25)42-36(49)41-28-13-10-26(11-14-28)24-46-19-17-44(4)18-20-46/h6-8,10-11,13-14,21-23H,15-20,24H2,1-5H3,(H2,39,40,43)(H2,41,42,49). The Bertz CT molecular complexity index is 2010. The van der Waals surface area contributed by atoms with Crippen LogP contribution in [0.4, 0.5) is 26.9 Å². The van der Waals surface area contributed by atoms with Crippen LogP contribution in [0.2, 0.25) is 0 Å². The van der Waals surface area contributed by atoms with Crippen LogP contribution in [0, 0.1) is 11.8 Å². The molecule has 2 aromatic heterocycles. The Hall–Kier alpha value is -5.71. The number of nitrogens with zero attached hydrogens (tertiary/aromatic N) is 6. The van der Waals surface area contributed by atoms with Gasteiger partial charge in [-0.2, -0.15) is 0 Å². The van der Waals surface area contributed by atoms with Gasteiger partial charge in [0.25, 0.3) is 5.91 Å². The van der Waals surface area contributed by atoms with Crippen LogP contribution in [0.3, 0.4) is 0 Å². The Kier molecular flexibility index (Phi) is 10.1. The molecule has 13 heteroatoms. The number of urea groups is 1.